The Balaban J connectivity index is 1.73. The van der Waals surface area contributed by atoms with Crippen LogP contribution in [0.25, 0.3) is 0 Å². The molecule has 0 spiro atoms. The van der Waals surface area contributed by atoms with Crippen molar-refractivity contribution in [2.75, 3.05) is 0 Å². The predicted octanol–water partition coefficient (Wildman–Crippen LogP) is 5.66. The second-order valence-electron chi connectivity index (χ2n) is 6.17. The monoisotopic (exact) mass is 328 g/mol. The second kappa shape index (κ2) is 5.73. The van der Waals surface area contributed by atoms with Gasteiger partial charge in [-0.1, -0.05) is 78.3 Å². The molecule has 3 rings (SSSR count). The van der Waals surface area contributed by atoms with Crippen molar-refractivity contribution in [2.45, 2.75) is 37.4 Å². The van der Waals surface area contributed by atoms with Crippen LogP contribution in [0.4, 0.5) is 0 Å². The maximum Gasteiger partial charge on any atom is 0.0432 e. The van der Waals surface area contributed by atoms with Crippen molar-refractivity contribution in [3.63, 3.8) is 0 Å². The molecule has 1 heteroatoms. The van der Waals surface area contributed by atoms with E-state index in [0.29, 0.717) is 16.7 Å². The van der Waals surface area contributed by atoms with E-state index in [4.69, 9.17) is 0 Å². The summed E-state index contributed by atoms with van der Waals surface area (Å²) in [6.07, 6.45) is 2.35. The van der Waals surface area contributed by atoms with Gasteiger partial charge >= 0.3 is 0 Å². The van der Waals surface area contributed by atoms with Gasteiger partial charge in [-0.3, -0.25) is 0 Å². The molecule has 0 bridgehead atoms. The van der Waals surface area contributed by atoms with Gasteiger partial charge in [0.15, 0.2) is 0 Å². The first-order valence-electron chi connectivity index (χ1n) is 7.46. The summed E-state index contributed by atoms with van der Waals surface area (Å²) in [5.41, 5.74) is 5.88. The fourth-order valence-corrected chi connectivity index (χ4v) is 3.97. The average Bonchev–Trinajstić information content (AvgIpc) is 2.77. The van der Waals surface area contributed by atoms with Crippen molar-refractivity contribution < 1.29 is 0 Å². The first-order chi connectivity index (χ1) is 9.65. The molecule has 0 amide bonds. The lowest BCUT2D eigenvalue weighted by Crippen LogP contribution is -2.06. The summed E-state index contributed by atoms with van der Waals surface area (Å²) in [5, 5.41) is 0. The zero-order valence-electron chi connectivity index (χ0n) is 12.1. The quantitative estimate of drug-likeness (QED) is 0.637. The molecule has 104 valence electrons. The minimum absolute atomic E-state index is 0.503. The number of benzene rings is 2. The van der Waals surface area contributed by atoms with Crippen LogP contribution in [0.3, 0.4) is 0 Å². The van der Waals surface area contributed by atoms with Crippen molar-refractivity contribution in [3.05, 3.63) is 70.8 Å². The fourth-order valence-electron chi connectivity index (χ4n) is 3.15. The molecule has 2 aromatic rings. The molecule has 2 aromatic carbocycles. The largest absolute Gasteiger partial charge is 0.0835 e. The fraction of sp³-hybridized carbons (Fsp3) is 0.368. The molecule has 1 aliphatic rings. The number of rotatable bonds is 3. The molecule has 0 radical (unpaired) electrons. The van der Waals surface area contributed by atoms with E-state index in [1.165, 1.54) is 28.7 Å². The van der Waals surface area contributed by atoms with E-state index in [9.17, 15) is 0 Å². The van der Waals surface area contributed by atoms with E-state index in [1.807, 2.05) is 0 Å². The lowest BCUT2D eigenvalue weighted by atomic mass is 9.94. The van der Waals surface area contributed by atoms with Crippen molar-refractivity contribution >= 4 is 15.9 Å². The van der Waals surface area contributed by atoms with Gasteiger partial charge in [0.2, 0.25) is 0 Å². The molecule has 1 aliphatic carbocycles. The van der Waals surface area contributed by atoms with Crippen LogP contribution in [0.5, 0.6) is 0 Å². The normalized spacial score (nSPS) is 21.2. The van der Waals surface area contributed by atoms with Gasteiger partial charge in [-0.15, -0.1) is 0 Å². The minimum Gasteiger partial charge on any atom is -0.0835 e. The highest BCUT2D eigenvalue weighted by Gasteiger charge is 2.29. The summed E-state index contributed by atoms with van der Waals surface area (Å²) in [5.74, 6) is 1.29. The zero-order chi connectivity index (χ0) is 14.1. The highest BCUT2D eigenvalue weighted by molar-refractivity contribution is 9.09. The van der Waals surface area contributed by atoms with E-state index in [-0.39, 0.29) is 0 Å². The number of hydrogen-bond acceptors (Lipinski definition) is 0. The first kappa shape index (κ1) is 13.9. The smallest absolute Gasteiger partial charge is 0.0432 e. The van der Waals surface area contributed by atoms with Gasteiger partial charge in [-0.05, 0) is 46.9 Å². The van der Waals surface area contributed by atoms with Gasteiger partial charge in [0.05, 0.1) is 0 Å². The average molecular weight is 329 g/mol. The van der Waals surface area contributed by atoms with E-state index >= 15 is 0 Å². The molecule has 0 fully saturated rings. The lowest BCUT2D eigenvalue weighted by molar-refractivity contribution is 0.555. The lowest BCUT2D eigenvalue weighted by Gasteiger charge is -2.15. The van der Waals surface area contributed by atoms with Crippen LogP contribution < -0.4 is 0 Å². The third-order valence-electron chi connectivity index (χ3n) is 4.39. The Morgan fingerprint density at radius 3 is 2.40 bits per heavy atom. The molecule has 2 unspecified atom stereocenters. The van der Waals surface area contributed by atoms with Gasteiger partial charge < -0.3 is 0 Å². The Kier molecular flexibility index (Phi) is 3.98. The molecular formula is C19H21Br. The van der Waals surface area contributed by atoms with Crippen LogP contribution in [-0.2, 0) is 12.8 Å². The number of alkyl halides is 1. The van der Waals surface area contributed by atoms with Crippen LogP contribution >= 0.6 is 15.9 Å². The molecule has 0 heterocycles. The third-order valence-corrected chi connectivity index (χ3v) is 5.63. The molecule has 20 heavy (non-hydrogen) atoms. The van der Waals surface area contributed by atoms with E-state index < -0.39 is 0 Å². The van der Waals surface area contributed by atoms with Crippen LogP contribution in [0.2, 0.25) is 0 Å². The van der Waals surface area contributed by atoms with Gasteiger partial charge in [0, 0.05) is 4.83 Å². The zero-order valence-corrected chi connectivity index (χ0v) is 13.7. The summed E-state index contributed by atoms with van der Waals surface area (Å²) in [6, 6.07) is 18.0. The minimum atomic E-state index is 0.503. The SMILES string of the molecule is CC(C)c1ccc(CC2Cc3ccccc3C2Br)cc1. The van der Waals surface area contributed by atoms with Crippen LogP contribution in [-0.4, -0.2) is 0 Å². The van der Waals surface area contributed by atoms with Gasteiger partial charge in [0.1, 0.15) is 0 Å². The summed E-state index contributed by atoms with van der Waals surface area (Å²) in [4.78, 5) is 0.503. The predicted molar refractivity (Wildman–Crippen MR) is 89.5 cm³/mol. The molecule has 0 aliphatic heterocycles. The van der Waals surface area contributed by atoms with Gasteiger partial charge in [-0.2, -0.15) is 0 Å². The molecule has 0 N–H and O–H groups in total. The second-order valence-corrected chi connectivity index (χ2v) is 7.15. The van der Waals surface area contributed by atoms with Crippen LogP contribution in [0.15, 0.2) is 48.5 Å². The maximum atomic E-state index is 3.90. The van der Waals surface area contributed by atoms with E-state index in [2.05, 4.69) is 78.3 Å². The highest BCUT2D eigenvalue weighted by atomic mass is 79.9. The van der Waals surface area contributed by atoms with E-state index in [1.54, 1.807) is 0 Å². The molecule has 2 atom stereocenters. The summed E-state index contributed by atoms with van der Waals surface area (Å²) < 4.78 is 0. The van der Waals surface area contributed by atoms with Gasteiger partial charge in [0.25, 0.3) is 0 Å². The summed E-state index contributed by atoms with van der Waals surface area (Å²) in [6.45, 7) is 4.49. The number of halogens is 1. The Bertz CT molecular complexity index is 583. The Morgan fingerprint density at radius 1 is 1.05 bits per heavy atom. The standard InChI is InChI=1S/C19H21Br/c1-13(2)15-9-7-14(8-10-15)11-17-12-16-5-3-4-6-18(16)19(17)20/h3-10,13,17,19H,11-12H2,1-2H3. The van der Waals surface area contributed by atoms with Crippen LogP contribution in [0.1, 0.15) is 46.8 Å². The summed E-state index contributed by atoms with van der Waals surface area (Å²) in [7, 11) is 0. The van der Waals surface area contributed by atoms with Crippen molar-refractivity contribution in [2.24, 2.45) is 5.92 Å². The van der Waals surface area contributed by atoms with E-state index in [0.717, 1.165) is 6.42 Å². The molecule has 0 nitrogen and oxygen atoms in total. The van der Waals surface area contributed by atoms with Crippen molar-refractivity contribution in [1.29, 1.82) is 0 Å². The Morgan fingerprint density at radius 2 is 1.75 bits per heavy atom. The Labute approximate surface area is 130 Å². The topological polar surface area (TPSA) is 0 Å². The molecular weight excluding hydrogens is 308 g/mol. The molecule has 0 saturated heterocycles. The Hall–Kier alpha value is -1.08. The highest BCUT2D eigenvalue weighted by Crippen LogP contribution is 2.43. The van der Waals surface area contributed by atoms with Crippen LogP contribution in [0, 0.1) is 5.92 Å². The van der Waals surface area contributed by atoms with Gasteiger partial charge in [-0.25, -0.2) is 0 Å². The first-order valence-corrected chi connectivity index (χ1v) is 8.37. The number of fused-ring (bicyclic) bond motifs is 1. The molecule has 0 aromatic heterocycles. The summed E-state index contributed by atoms with van der Waals surface area (Å²) >= 11 is 3.90. The van der Waals surface area contributed by atoms with Crippen molar-refractivity contribution in [3.8, 4) is 0 Å². The maximum absolute atomic E-state index is 3.90. The number of hydrogen-bond donors (Lipinski definition) is 0. The molecule has 0 saturated carbocycles. The van der Waals surface area contributed by atoms with Crippen molar-refractivity contribution in [1.82, 2.24) is 0 Å². The third kappa shape index (κ3) is 2.69.